The molecule has 0 aliphatic carbocycles. The third kappa shape index (κ3) is 3.48. The van der Waals surface area contributed by atoms with Gasteiger partial charge in [-0.15, -0.1) is 0 Å². The van der Waals surface area contributed by atoms with Crippen LogP contribution in [0, 0.1) is 5.82 Å². The number of hydrogen-bond donors (Lipinski definition) is 2. The minimum atomic E-state index is -0.550. The summed E-state index contributed by atoms with van der Waals surface area (Å²) in [5.74, 6) is -1.35. The van der Waals surface area contributed by atoms with E-state index >= 15 is 0 Å². The van der Waals surface area contributed by atoms with Gasteiger partial charge in [0.2, 0.25) is 5.76 Å². The predicted molar refractivity (Wildman–Crippen MR) is 105 cm³/mol. The van der Waals surface area contributed by atoms with E-state index in [9.17, 15) is 14.0 Å². The zero-order valence-corrected chi connectivity index (χ0v) is 14.6. The topological polar surface area (TPSA) is 71.3 Å². The molecule has 3 aromatic carbocycles. The molecular weight excluding hydrogens is 359 g/mol. The van der Waals surface area contributed by atoms with Crippen LogP contribution in [0.15, 0.2) is 83.3 Å². The number of rotatable bonds is 4. The Bertz CT molecular complexity index is 1150. The number of benzene rings is 3. The van der Waals surface area contributed by atoms with Gasteiger partial charge in [-0.25, -0.2) is 4.39 Å². The lowest BCUT2D eigenvalue weighted by atomic mass is 10.1. The molecule has 6 heteroatoms. The van der Waals surface area contributed by atoms with Crippen LogP contribution >= 0.6 is 0 Å². The van der Waals surface area contributed by atoms with Crippen molar-refractivity contribution in [1.29, 1.82) is 0 Å². The first kappa shape index (κ1) is 17.5. The molecule has 0 unspecified atom stereocenters. The number of hydrogen-bond acceptors (Lipinski definition) is 3. The van der Waals surface area contributed by atoms with Crippen LogP contribution in [0.25, 0.3) is 11.0 Å². The van der Waals surface area contributed by atoms with Crippen molar-refractivity contribution in [1.82, 2.24) is 0 Å². The fourth-order valence-corrected chi connectivity index (χ4v) is 2.83. The Morgan fingerprint density at radius 1 is 0.750 bits per heavy atom. The van der Waals surface area contributed by atoms with E-state index in [-0.39, 0.29) is 17.4 Å². The molecule has 2 amide bonds. The summed E-state index contributed by atoms with van der Waals surface area (Å²) in [6.07, 6.45) is 0. The lowest BCUT2D eigenvalue weighted by molar-refractivity contribution is 0.0999. The van der Waals surface area contributed by atoms with Gasteiger partial charge in [0.05, 0.1) is 0 Å². The molecule has 0 saturated heterocycles. The van der Waals surface area contributed by atoms with Crippen LogP contribution in [0.2, 0.25) is 0 Å². The maximum absolute atomic E-state index is 13.1. The summed E-state index contributed by atoms with van der Waals surface area (Å²) in [4.78, 5) is 25.4. The van der Waals surface area contributed by atoms with E-state index in [1.54, 1.807) is 48.5 Å². The zero-order valence-electron chi connectivity index (χ0n) is 14.6. The van der Waals surface area contributed by atoms with E-state index in [1.807, 2.05) is 6.07 Å². The summed E-state index contributed by atoms with van der Waals surface area (Å²) >= 11 is 0. The van der Waals surface area contributed by atoms with Crippen LogP contribution in [-0.4, -0.2) is 11.8 Å². The average molecular weight is 374 g/mol. The number of carbonyl (C=O) groups is 2. The Labute approximate surface area is 159 Å². The first-order valence-corrected chi connectivity index (χ1v) is 8.56. The van der Waals surface area contributed by atoms with Crippen LogP contribution in [0.5, 0.6) is 0 Å². The van der Waals surface area contributed by atoms with Gasteiger partial charge in [-0.1, -0.05) is 30.3 Å². The highest BCUT2D eigenvalue weighted by atomic mass is 19.1. The van der Waals surface area contributed by atoms with Crippen LogP contribution in [0.1, 0.15) is 20.9 Å². The third-order valence-electron chi connectivity index (χ3n) is 4.18. The van der Waals surface area contributed by atoms with E-state index < -0.39 is 11.7 Å². The smallest absolute Gasteiger partial charge is 0.293 e. The second kappa shape index (κ2) is 7.36. The summed E-state index contributed by atoms with van der Waals surface area (Å²) in [5, 5.41) is 6.03. The first-order valence-electron chi connectivity index (χ1n) is 8.56. The minimum absolute atomic E-state index is 0.0326. The molecule has 4 rings (SSSR count). The van der Waals surface area contributed by atoms with Gasteiger partial charge >= 0.3 is 0 Å². The number of nitrogens with one attached hydrogen (secondary N) is 2. The van der Waals surface area contributed by atoms with Crippen LogP contribution in [0.3, 0.4) is 0 Å². The number of furan rings is 1. The molecule has 0 atom stereocenters. The highest BCUT2D eigenvalue weighted by Crippen LogP contribution is 2.32. The largest absolute Gasteiger partial charge is 0.449 e. The van der Waals surface area contributed by atoms with Crippen molar-refractivity contribution in [3.8, 4) is 0 Å². The lowest BCUT2D eigenvalue weighted by Crippen LogP contribution is -2.17. The Hall–Kier alpha value is -3.93. The van der Waals surface area contributed by atoms with E-state index in [2.05, 4.69) is 10.6 Å². The van der Waals surface area contributed by atoms with Crippen LogP contribution in [-0.2, 0) is 0 Å². The van der Waals surface area contributed by atoms with E-state index in [4.69, 9.17) is 4.42 Å². The maximum atomic E-state index is 13.1. The van der Waals surface area contributed by atoms with Gasteiger partial charge in [-0.3, -0.25) is 9.59 Å². The fourth-order valence-electron chi connectivity index (χ4n) is 2.83. The molecule has 0 aliphatic heterocycles. The number of amides is 2. The van der Waals surface area contributed by atoms with Gasteiger partial charge in [0.1, 0.15) is 17.1 Å². The van der Waals surface area contributed by atoms with Crippen molar-refractivity contribution in [2.75, 3.05) is 10.6 Å². The number of anilines is 2. The number of carbonyl (C=O) groups excluding carboxylic acids is 2. The molecule has 0 fully saturated rings. The van der Waals surface area contributed by atoms with Crippen molar-refractivity contribution in [3.05, 3.63) is 96.0 Å². The molecule has 0 spiro atoms. The van der Waals surface area contributed by atoms with Gasteiger partial charge < -0.3 is 15.1 Å². The molecule has 28 heavy (non-hydrogen) atoms. The molecule has 0 radical (unpaired) electrons. The Morgan fingerprint density at radius 3 is 2.18 bits per heavy atom. The number of halogens is 1. The molecule has 4 aromatic rings. The molecule has 2 N–H and O–H groups in total. The van der Waals surface area contributed by atoms with Crippen molar-refractivity contribution in [2.45, 2.75) is 0 Å². The molecule has 138 valence electrons. The quantitative estimate of drug-likeness (QED) is 0.523. The van der Waals surface area contributed by atoms with Gasteiger partial charge in [0.25, 0.3) is 11.8 Å². The van der Waals surface area contributed by atoms with Gasteiger partial charge in [-0.05, 0) is 48.5 Å². The van der Waals surface area contributed by atoms with Gasteiger partial charge in [0.15, 0.2) is 0 Å². The van der Waals surface area contributed by atoms with Gasteiger partial charge in [-0.2, -0.15) is 0 Å². The molecule has 1 aromatic heterocycles. The number of para-hydroxylation sites is 1. The second-order valence-electron chi connectivity index (χ2n) is 6.08. The summed E-state index contributed by atoms with van der Waals surface area (Å²) < 4.78 is 18.8. The summed E-state index contributed by atoms with van der Waals surface area (Å²) in [6.45, 7) is 0. The Morgan fingerprint density at radius 2 is 1.43 bits per heavy atom. The maximum Gasteiger partial charge on any atom is 0.293 e. The first-order chi connectivity index (χ1) is 13.6. The highest BCUT2D eigenvalue weighted by molar-refractivity contribution is 6.16. The van der Waals surface area contributed by atoms with Crippen LogP contribution < -0.4 is 10.6 Å². The molecular formula is C22H15FN2O3. The van der Waals surface area contributed by atoms with E-state index in [0.29, 0.717) is 22.2 Å². The molecule has 0 aliphatic rings. The van der Waals surface area contributed by atoms with Crippen molar-refractivity contribution in [2.24, 2.45) is 0 Å². The fraction of sp³-hybridized carbons (Fsp3) is 0. The molecule has 5 nitrogen and oxygen atoms in total. The Balaban J connectivity index is 1.69. The van der Waals surface area contributed by atoms with Crippen molar-refractivity contribution in [3.63, 3.8) is 0 Å². The average Bonchev–Trinajstić information content (AvgIpc) is 3.09. The predicted octanol–water partition coefficient (Wildman–Crippen LogP) is 5.08. The normalized spacial score (nSPS) is 10.6. The Kier molecular flexibility index (Phi) is 4.60. The lowest BCUT2D eigenvalue weighted by Gasteiger charge is -2.07. The second-order valence-corrected chi connectivity index (χ2v) is 6.08. The SMILES string of the molecule is O=C(Nc1c(C(=O)Nc2ccc(F)cc2)oc2ccccc12)c1ccccc1. The molecule has 1 heterocycles. The third-order valence-corrected chi connectivity index (χ3v) is 4.18. The minimum Gasteiger partial charge on any atom is -0.449 e. The number of fused-ring (bicyclic) bond motifs is 1. The molecule has 0 bridgehead atoms. The van der Waals surface area contributed by atoms with Gasteiger partial charge in [0, 0.05) is 16.6 Å². The van der Waals surface area contributed by atoms with E-state index in [0.717, 1.165) is 0 Å². The van der Waals surface area contributed by atoms with Crippen LogP contribution in [0.4, 0.5) is 15.8 Å². The summed E-state index contributed by atoms with van der Waals surface area (Å²) in [5.41, 5.74) is 1.61. The van der Waals surface area contributed by atoms with Crippen molar-refractivity contribution >= 4 is 34.2 Å². The monoisotopic (exact) mass is 374 g/mol. The summed E-state index contributed by atoms with van der Waals surface area (Å²) in [6, 6.07) is 21.1. The highest BCUT2D eigenvalue weighted by Gasteiger charge is 2.22. The standard InChI is InChI=1S/C22H15FN2O3/c23-15-10-12-16(13-11-15)24-22(27)20-19(17-8-4-5-9-18(17)28-20)25-21(26)14-6-2-1-3-7-14/h1-13H,(H,24,27)(H,25,26). The van der Waals surface area contributed by atoms with Crippen molar-refractivity contribution < 1.29 is 18.4 Å². The summed E-state index contributed by atoms with van der Waals surface area (Å²) in [7, 11) is 0. The molecule has 0 saturated carbocycles. The zero-order chi connectivity index (χ0) is 19.5. The van der Waals surface area contributed by atoms with E-state index in [1.165, 1.54) is 24.3 Å².